The summed E-state index contributed by atoms with van der Waals surface area (Å²) in [6.45, 7) is -0.0932. The second-order valence-corrected chi connectivity index (χ2v) is 6.14. The van der Waals surface area contributed by atoms with Crippen LogP contribution in [0.5, 0.6) is 0 Å². The third-order valence-corrected chi connectivity index (χ3v) is 4.42. The van der Waals surface area contributed by atoms with E-state index < -0.39 is 15.8 Å². The molecule has 100 valence electrons. The van der Waals surface area contributed by atoms with Crippen LogP contribution in [-0.2, 0) is 16.6 Å². The Kier molecular flexibility index (Phi) is 3.54. The van der Waals surface area contributed by atoms with Crippen LogP contribution in [0.4, 0.5) is 14.5 Å². The molecular formula is C11H14F2N2O2S. The number of hydrogen-bond acceptors (Lipinski definition) is 3. The Labute approximate surface area is 104 Å². The molecule has 2 N–H and O–H groups in total. The van der Waals surface area contributed by atoms with Gasteiger partial charge in [-0.3, -0.25) is 0 Å². The zero-order valence-electron chi connectivity index (χ0n) is 9.59. The zero-order valence-corrected chi connectivity index (χ0v) is 10.4. The van der Waals surface area contributed by atoms with Crippen LogP contribution in [0.15, 0.2) is 24.3 Å². The van der Waals surface area contributed by atoms with Crippen LogP contribution in [0, 0.1) is 0 Å². The maximum atomic E-state index is 12.6. The maximum Gasteiger partial charge on any atom is 0.350 e. The minimum absolute atomic E-state index is 0.0932. The van der Waals surface area contributed by atoms with E-state index in [1.165, 1.54) is 0 Å². The van der Waals surface area contributed by atoms with Crippen molar-refractivity contribution in [2.75, 3.05) is 5.73 Å². The highest BCUT2D eigenvalue weighted by Gasteiger charge is 2.42. The number of nitrogens with two attached hydrogens (primary N) is 1. The Balaban J connectivity index is 2.26. The summed E-state index contributed by atoms with van der Waals surface area (Å²) < 4.78 is 49.2. The molecule has 0 amide bonds. The molecule has 0 aromatic heterocycles. The highest BCUT2D eigenvalue weighted by atomic mass is 32.2. The number of alkyl halides is 2. The molecule has 0 spiro atoms. The average Bonchev–Trinajstić information content (AvgIpc) is 3.11. The molecule has 0 radical (unpaired) electrons. The smallest absolute Gasteiger partial charge is 0.350 e. The number of para-hydroxylation sites is 1. The molecule has 0 unspecified atom stereocenters. The molecule has 0 bridgehead atoms. The minimum atomic E-state index is -4.55. The zero-order chi connectivity index (χ0) is 13.3. The molecular weight excluding hydrogens is 262 g/mol. The Morgan fingerprint density at radius 2 is 1.94 bits per heavy atom. The SMILES string of the molecule is Nc1ccccc1CN(C1CC1)S(=O)(=O)C(F)F. The highest BCUT2D eigenvalue weighted by molar-refractivity contribution is 7.89. The van der Waals surface area contributed by atoms with Gasteiger partial charge in [-0.05, 0) is 24.5 Å². The van der Waals surface area contributed by atoms with Crippen LogP contribution >= 0.6 is 0 Å². The van der Waals surface area contributed by atoms with Gasteiger partial charge < -0.3 is 5.73 Å². The van der Waals surface area contributed by atoms with E-state index in [1.54, 1.807) is 24.3 Å². The van der Waals surface area contributed by atoms with Crippen LogP contribution in [-0.4, -0.2) is 24.5 Å². The van der Waals surface area contributed by atoms with Crippen molar-refractivity contribution in [1.29, 1.82) is 0 Å². The van der Waals surface area contributed by atoms with E-state index in [-0.39, 0.29) is 12.6 Å². The van der Waals surface area contributed by atoms with Gasteiger partial charge in [-0.15, -0.1) is 0 Å². The molecule has 7 heteroatoms. The van der Waals surface area contributed by atoms with Gasteiger partial charge in [0.1, 0.15) is 0 Å². The van der Waals surface area contributed by atoms with Crippen molar-refractivity contribution < 1.29 is 17.2 Å². The molecule has 0 saturated heterocycles. The van der Waals surface area contributed by atoms with Crippen molar-refractivity contribution in [2.24, 2.45) is 0 Å². The van der Waals surface area contributed by atoms with Gasteiger partial charge in [-0.1, -0.05) is 18.2 Å². The van der Waals surface area contributed by atoms with Crippen molar-refractivity contribution in [2.45, 2.75) is 31.2 Å². The van der Waals surface area contributed by atoms with E-state index in [4.69, 9.17) is 5.73 Å². The van der Waals surface area contributed by atoms with Crippen LogP contribution in [0.25, 0.3) is 0 Å². The molecule has 18 heavy (non-hydrogen) atoms. The van der Waals surface area contributed by atoms with Crippen molar-refractivity contribution in [3.8, 4) is 0 Å². The monoisotopic (exact) mass is 276 g/mol. The summed E-state index contributed by atoms with van der Waals surface area (Å²) in [5.74, 6) is -3.39. The lowest BCUT2D eigenvalue weighted by atomic mass is 10.2. The number of hydrogen-bond donors (Lipinski definition) is 1. The summed E-state index contributed by atoms with van der Waals surface area (Å²) in [5, 5.41) is 0. The van der Waals surface area contributed by atoms with Gasteiger partial charge in [-0.2, -0.15) is 13.1 Å². The summed E-state index contributed by atoms with van der Waals surface area (Å²) in [6, 6.07) is 6.36. The van der Waals surface area contributed by atoms with E-state index in [9.17, 15) is 17.2 Å². The lowest BCUT2D eigenvalue weighted by Gasteiger charge is -2.21. The van der Waals surface area contributed by atoms with E-state index in [0.29, 0.717) is 24.1 Å². The Morgan fingerprint density at radius 3 is 2.44 bits per heavy atom. The van der Waals surface area contributed by atoms with E-state index in [1.807, 2.05) is 0 Å². The summed E-state index contributed by atoms with van der Waals surface area (Å²) in [5.41, 5.74) is 6.66. The van der Waals surface area contributed by atoms with E-state index in [2.05, 4.69) is 0 Å². The molecule has 0 aliphatic heterocycles. The topological polar surface area (TPSA) is 63.4 Å². The molecule has 0 atom stereocenters. The Hall–Kier alpha value is -1.21. The van der Waals surface area contributed by atoms with Crippen LogP contribution in [0.1, 0.15) is 18.4 Å². The lowest BCUT2D eigenvalue weighted by molar-refractivity contribution is 0.216. The largest absolute Gasteiger partial charge is 0.398 e. The standard InChI is InChI=1S/C11H14F2N2O2S/c12-11(13)18(16,17)15(9-5-6-9)7-8-3-1-2-4-10(8)14/h1-4,9,11H,5-7,14H2. The van der Waals surface area contributed by atoms with Crippen LogP contribution in [0.2, 0.25) is 0 Å². The first kappa shape index (κ1) is 13.2. The Morgan fingerprint density at radius 1 is 1.33 bits per heavy atom. The lowest BCUT2D eigenvalue weighted by Crippen LogP contribution is -2.36. The van der Waals surface area contributed by atoms with Gasteiger partial charge in [0, 0.05) is 18.3 Å². The van der Waals surface area contributed by atoms with Gasteiger partial charge in [0.05, 0.1) is 0 Å². The number of rotatable bonds is 5. The summed E-state index contributed by atoms with van der Waals surface area (Å²) in [6.07, 6.45) is 1.25. The number of sulfonamides is 1. The molecule has 1 aromatic carbocycles. The fourth-order valence-electron chi connectivity index (χ4n) is 1.74. The molecule has 1 saturated carbocycles. The number of nitrogens with zero attached hydrogens (tertiary/aromatic N) is 1. The molecule has 2 rings (SSSR count). The normalized spacial score (nSPS) is 16.4. The van der Waals surface area contributed by atoms with Gasteiger partial charge in [0.25, 0.3) is 10.0 Å². The highest BCUT2D eigenvalue weighted by Crippen LogP contribution is 2.33. The minimum Gasteiger partial charge on any atom is -0.398 e. The maximum absolute atomic E-state index is 12.6. The Bertz CT molecular complexity index is 530. The van der Waals surface area contributed by atoms with Crippen LogP contribution < -0.4 is 5.73 Å². The van der Waals surface area contributed by atoms with Crippen molar-refractivity contribution in [1.82, 2.24) is 4.31 Å². The fourth-order valence-corrected chi connectivity index (χ4v) is 2.89. The van der Waals surface area contributed by atoms with E-state index in [0.717, 1.165) is 4.31 Å². The van der Waals surface area contributed by atoms with Gasteiger partial charge in [-0.25, -0.2) is 8.42 Å². The predicted octanol–water partition coefficient (Wildman–Crippen LogP) is 1.79. The first-order chi connectivity index (χ1) is 8.43. The van der Waals surface area contributed by atoms with Gasteiger partial charge in [0.2, 0.25) is 0 Å². The number of nitrogen functional groups attached to an aromatic ring is 1. The molecule has 4 nitrogen and oxygen atoms in total. The summed E-state index contributed by atoms with van der Waals surface area (Å²) in [4.78, 5) is 0. The third-order valence-electron chi connectivity index (χ3n) is 2.89. The molecule has 1 aliphatic rings. The number of anilines is 1. The van der Waals surface area contributed by atoms with Crippen LogP contribution in [0.3, 0.4) is 0 Å². The third kappa shape index (κ3) is 2.62. The molecule has 1 aromatic rings. The first-order valence-electron chi connectivity index (χ1n) is 5.55. The van der Waals surface area contributed by atoms with Gasteiger partial charge >= 0.3 is 5.76 Å². The van der Waals surface area contributed by atoms with Gasteiger partial charge in [0.15, 0.2) is 0 Å². The number of benzene rings is 1. The predicted molar refractivity (Wildman–Crippen MR) is 64.3 cm³/mol. The fraction of sp³-hybridized carbons (Fsp3) is 0.455. The van der Waals surface area contributed by atoms with E-state index >= 15 is 0 Å². The van der Waals surface area contributed by atoms with Crippen molar-refractivity contribution >= 4 is 15.7 Å². The molecule has 0 heterocycles. The summed E-state index contributed by atoms with van der Waals surface area (Å²) >= 11 is 0. The quantitative estimate of drug-likeness (QED) is 0.834. The molecule has 1 fully saturated rings. The second kappa shape index (κ2) is 4.81. The number of halogens is 2. The molecule has 1 aliphatic carbocycles. The second-order valence-electron chi connectivity index (χ2n) is 4.28. The van der Waals surface area contributed by atoms with Crippen molar-refractivity contribution in [3.05, 3.63) is 29.8 Å². The first-order valence-corrected chi connectivity index (χ1v) is 7.05. The summed E-state index contributed by atoms with van der Waals surface area (Å²) in [7, 11) is -4.55. The van der Waals surface area contributed by atoms with Crippen molar-refractivity contribution in [3.63, 3.8) is 0 Å². The average molecular weight is 276 g/mol.